The van der Waals surface area contributed by atoms with Crippen LogP contribution in [0.3, 0.4) is 0 Å². The Bertz CT molecular complexity index is 633. The Labute approximate surface area is 148 Å². The van der Waals surface area contributed by atoms with Gasteiger partial charge in [-0.2, -0.15) is 0 Å². The van der Waals surface area contributed by atoms with Crippen molar-refractivity contribution in [1.82, 2.24) is 15.1 Å². The summed E-state index contributed by atoms with van der Waals surface area (Å²) in [6.07, 6.45) is 3.45. The topological polar surface area (TPSA) is 52.7 Å². The van der Waals surface area contributed by atoms with Gasteiger partial charge in [0, 0.05) is 45.1 Å². The fraction of sp³-hybridized carbons (Fsp3) is 0.579. The highest BCUT2D eigenvalue weighted by Gasteiger charge is 2.44. The van der Waals surface area contributed by atoms with Gasteiger partial charge < -0.3 is 15.1 Å². The molecule has 1 aliphatic carbocycles. The Kier molecular flexibility index (Phi) is 4.97. The number of carbonyl (C=O) groups excluding carboxylic acids is 2. The number of urea groups is 1. The summed E-state index contributed by atoms with van der Waals surface area (Å²) in [7, 11) is 3.48. The van der Waals surface area contributed by atoms with E-state index in [1.165, 1.54) is 12.1 Å². The number of nitrogens with one attached hydrogen (secondary N) is 1. The Morgan fingerprint density at radius 3 is 2.32 bits per heavy atom. The summed E-state index contributed by atoms with van der Waals surface area (Å²) in [5.41, 5.74) is 1.07. The molecule has 1 heterocycles. The standard InChI is InChI=1S/C19H26FN3O2/c1-22(2)18(25)23-11-7-14(8-12-23)17(24)21-13-19(9-10-19)15-3-5-16(20)6-4-15/h3-6,14H,7-13H2,1-2H3,(H,21,24). The maximum absolute atomic E-state index is 13.1. The average Bonchev–Trinajstić information content (AvgIpc) is 3.41. The van der Waals surface area contributed by atoms with Gasteiger partial charge in [-0.15, -0.1) is 0 Å². The molecule has 5 nitrogen and oxygen atoms in total. The number of carbonyl (C=O) groups is 2. The van der Waals surface area contributed by atoms with Gasteiger partial charge in [0.2, 0.25) is 5.91 Å². The van der Waals surface area contributed by atoms with Crippen molar-refractivity contribution in [1.29, 1.82) is 0 Å². The minimum atomic E-state index is -0.234. The van der Waals surface area contributed by atoms with E-state index in [9.17, 15) is 14.0 Å². The Morgan fingerprint density at radius 2 is 1.80 bits per heavy atom. The molecule has 1 saturated carbocycles. The van der Waals surface area contributed by atoms with Crippen molar-refractivity contribution >= 4 is 11.9 Å². The number of nitrogens with zero attached hydrogens (tertiary/aromatic N) is 2. The molecule has 136 valence electrons. The normalized spacial score (nSPS) is 19.4. The van der Waals surface area contributed by atoms with E-state index < -0.39 is 0 Å². The second-order valence-corrected chi connectivity index (χ2v) is 7.44. The molecule has 1 saturated heterocycles. The maximum Gasteiger partial charge on any atom is 0.319 e. The number of hydrogen-bond donors (Lipinski definition) is 1. The van der Waals surface area contributed by atoms with Crippen LogP contribution in [-0.4, -0.2) is 55.5 Å². The minimum absolute atomic E-state index is 0.00658. The zero-order valence-corrected chi connectivity index (χ0v) is 14.9. The monoisotopic (exact) mass is 347 g/mol. The molecule has 3 rings (SSSR count). The first-order chi connectivity index (χ1) is 11.9. The van der Waals surface area contributed by atoms with E-state index >= 15 is 0 Å². The van der Waals surface area contributed by atoms with Gasteiger partial charge in [0.1, 0.15) is 5.82 Å². The van der Waals surface area contributed by atoms with Crippen LogP contribution in [0.4, 0.5) is 9.18 Å². The van der Waals surface area contributed by atoms with E-state index in [1.54, 1.807) is 23.9 Å². The molecule has 2 aliphatic rings. The summed E-state index contributed by atoms with van der Waals surface area (Å²) >= 11 is 0. The molecule has 1 aromatic carbocycles. The summed E-state index contributed by atoms with van der Waals surface area (Å²) in [5.74, 6) is -0.191. The first kappa shape index (κ1) is 17.7. The van der Waals surface area contributed by atoms with Crippen LogP contribution in [0.25, 0.3) is 0 Å². The molecule has 0 bridgehead atoms. The molecule has 2 fully saturated rings. The SMILES string of the molecule is CN(C)C(=O)N1CCC(C(=O)NCC2(c3ccc(F)cc3)CC2)CC1. The van der Waals surface area contributed by atoms with E-state index in [0.29, 0.717) is 32.5 Å². The largest absolute Gasteiger partial charge is 0.355 e. The molecule has 6 heteroatoms. The van der Waals surface area contributed by atoms with Crippen LogP contribution < -0.4 is 5.32 Å². The van der Waals surface area contributed by atoms with Crippen LogP contribution in [0.5, 0.6) is 0 Å². The Hall–Kier alpha value is -2.11. The lowest BCUT2D eigenvalue weighted by Gasteiger charge is -2.33. The smallest absolute Gasteiger partial charge is 0.319 e. The third kappa shape index (κ3) is 3.94. The molecule has 1 aliphatic heterocycles. The predicted octanol–water partition coefficient (Wildman–Crippen LogP) is 2.37. The minimum Gasteiger partial charge on any atom is -0.355 e. The molecule has 25 heavy (non-hydrogen) atoms. The molecule has 0 radical (unpaired) electrons. The molecular weight excluding hydrogens is 321 g/mol. The van der Waals surface area contributed by atoms with Gasteiger partial charge in [-0.3, -0.25) is 4.79 Å². The van der Waals surface area contributed by atoms with Crippen LogP contribution in [-0.2, 0) is 10.2 Å². The lowest BCUT2D eigenvalue weighted by molar-refractivity contribution is -0.126. The molecule has 0 unspecified atom stereocenters. The molecular formula is C19H26FN3O2. The summed E-state index contributed by atoms with van der Waals surface area (Å²) in [6, 6.07) is 6.61. The van der Waals surface area contributed by atoms with Crippen LogP contribution in [0, 0.1) is 11.7 Å². The van der Waals surface area contributed by atoms with Crippen LogP contribution >= 0.6 is 0 Å². The highest BCUT2D eigenvalue weighted by Crippen LogP contribution is 2.47. The lowest BCUT2D eigenvalue weighted by atomic mass is 9.93. The molecule has 1 N–H and O–H groups in total. The first-order valence-electron chi connectivity index (χ1n) is 8.91. The van der Waals surface area contributed by atoms with Crippen LogP contribution in [0.15, 0.2) is 24.3 Å². The Morgan fingerprint density at radius 1 is 1.20 bits per heavy atom. The Balaban J connectivity index is 1.49. The van der Waals surface area contributed by atoms with Crippen LogP contribution in [0.2, 0.25) is 0 Å². The van der Waals surface area contributed by atoms with Gasteiger partial charge in [-0.1, -0.05) is 12.1 Å². The zero-order chi connectivity index (χ0) is 18.0. The molecule has 0 atom stereocenters. The second-order valence-electron chi connectivity index (χ2n) is 7.44. The van der Waals surface area contributed by atoms with E-state index in [-0.39, 0.29) is 29.1 Å². The molecule has 1 aromatic rings. The summed E-state index contributed by atoms with van der Waals surface area (Å²) < 4.78 is 13.1. The van der Waals surface area contributed by atoms with Gasteiger partial charge in [0.25, 0.3) is 0 Å². The van der Waals surface area contributed by atoms with Crippen molar-refractivity contribution in [3.8, 4) is 0 Å². The van der Waals surface area contributed by atoms with Gasteiger partial charge in [-0.05, 0) is 43.4 Å². The maximum atomic E-state index is 13.1. The first-order valence-corrected chi connectivity index (χ1v) is 8.91. The van der Waals surface area contributed by atoms with Crippen molar-refractivity contribution in [3.63, 3.8) is 0 Å². The fourth-order valence-electron chi connectivity index (χ4n) is 3.54. The van der Waals surface area contributed by atoms with Crippen LogP contribution in [0.1, 0.15) is 31.2 Å². The van der Waals surface area contributed by atoms with E-state index in [1.807, 2.05) is 12.1 Å². The van der Waals surface area contributed by atoms with E-state index in [0.717, 1.165) is 18.4 Å². The van der Waals surface area contributed by atoms with Gasteiger partial charge in [0.05, 0.1) is 0 Å². The summed E-state index contributed by atoms with van der Waals surface area (Å²) in [6.45, 7) is 1.85. The summed E-state index contributed by atoms with van der Waals surface area (Å²) in [5, 5.41) is 3.09. The number of benzene rings is 1. The van der Waals surface area contributed by atoms with E-state index in [2.05, 4.69) is 5.32 Å². The summed E-state index contributed by atoms with van der Waals surface area (Å²) in [4.78, 5) is 27.8. The third-order valence-electron chi connectivity index (χ3n) is 5.43. The zero-order valence-electron chi connectivity index (χ0n) is 14.9. The number of rotatable bonds is 4. The molecule has 0 aromatic heterocycles. The van der Waals surface area contributed by atoms with Gasteiger partial charge >= 0.3 is 6.03 Å². The van der Waals surface area contributed by atoms with Gasteiger partial charge in [-0.25, -0.2) is 9.18 Å². The highest BCUT2D eigenvalue weighted by molar-refractivity contribution is 5.79. The number of hydrogen-bond acceptors (Lipinski definition) is 2. The average molecular weight is 347 g/mol. The third-order valence-corrected chi connectivity index (χ3v) is 5.43. The number of likely N-dealkylation sites (tertiary alicyclic amines) is 1. The van der Waals surface area contributed by atoms with Crippen molar-refractivity contribution in [2.45, 2.75) is 31.1 Å². The highest BCUT2D eigenvalue weighted by atomic mass is 19.1. The van der Waals surface area contributed by atoms with Crippen molar-refractivity contribution in [2.75, 3.05) is 33.7 Å². The number of amides is 3. The van der Waals surface area contributed by atoms with Gasteiger partial charge in [0.15, 0.2) is 0 Å². The second kappa shape index (κ2) is 7.02. The fourth-order valence-corrected chi connectivity index (χ4v) is 3.54. The molecule has 3 amide bonds. The van der Waals surface area contributed by atoms with E-state index in [4.69, 9.17) is 0 Å². The quantitative estimate of drug-likeness (QED) is 0.909. The molecule has 0 spiro atoms. The lowest BCUT2D eigenvalue weighted by Crippen LogP contribution is -2.47. The predicted molar refractivity (Wildman–Crippen MR) is 93.7 cm³/mol. The number of piperidine rings is 1. The number of halogens is 1. The van der Waals surface area contributed by atoms with Crippen molar-refractivity contribution in [3.05, 3.63) is 35.6 Å². The van der Waals surface area contributed by atoms with Crippen molar-refractivity contribution in [2.24, 2.45) is 5.92 Å². The van der Waals surface area contributed by atoms with Crippen molar-refractivity contribution < 1.29 is 14.0 Å².